The third-order valence-corrected chi connectivity index (χ3v) is 11.2. The number of nitrogens with zero attached hydrogens (tertiary/aromatic N) is 1. The molecule has 174 valence electrons. The molecule has 0 aliphatic heterocycles. The summed E-state index contributed by atoms with van der Waals surface area (Å²) in [4.78, 5) is 4.58. The fourth-order valence-corrected chi connectivity index (χ4v) is 9.42. The van der Waals surface area contributed by atoms with E-state index in [-0.39, 0.29) is 16.9 Å². The van der Waals surface area contributed by atoms with Crippen LogP contribution in [0.15, 0.2) is 11.6 Å². The van der Waals surface area contributed by atoms with E-state index in [1.54, 1.807) is 11.3 Å². The molecule has 4 fully saturated rings. The number of aliphatic hydroxyl groups is 2. The minimum absolute atomic E-state index is 0.131. The topological polar surface area (TPSA) is 71.8 Å². The highest BCUT2D eigenvalue weighted by Gasteiger charge is 2.73. The van der Waals surface area contributed by atoms with Gasteiger partial charge in [-0.3, -0.25) is 0 Å². The molecule has 1 aromatic rings. The standard InChI is InChI=1S/C25H39NO4S/c1-4-29-16-30-25-12-11-24(28,21-26-13-14-31-21)23(25,3)10-8-19-20(25)6-5-17-15-18(27)7-9-22(17,19)2/h13-14,17-20,27-28H,4-12,15-16H2,1-3H3/t17-,18+,19+,20-,22+,23-,24+,25+/m1/s1. The highest BCUT2D eigenvalue weighted by molar-refractivity contribution is 7.09. The Hall–Kier alpha value is -0.530. The van der Waals surface area contributed by atoms with Gasteiger partial charge in [0.05, 0.1) is 11.7 Å². The molecular weight excluding hydrogens is 410 g/mol. The quantitative estimate of drug-likeness (QED) is 0.496. The number of fused-ring (bicyclic) bond motifs is 5. The number of hydrogen-bond acceptors (Lipinski definition) is 6. The fourth-order valence-electron chi connectivity index (χ4n) is 8.53. The molecule has 0 bridgehead atoms. The van der Waals surface area contributed by atoms with Crippen LogP contribution < -0.4 is 0 Å². The summed E-state index contributed by atoms with van der Waals surface area (Å²) in [7, 11) is 0. The Labute approximate surface area is 190 Å². The second-order valence-corrected chi connectivity index (χ2v) is 12.0. The summed E-state index contributed by atoms with van der Waals surface area (Å²) >= 11 is 1.57. The van der Waals surface area contributed by atoms with Gasteiger partial charge in [-0.2, -0.15) is 0 Å². The van der Waals surface area contributed by atoms with Crippen LogP contribution in [0.5, 0.6) is 0 Å². The number of aromatic nitrogens is 1. The molecule has 5 nitrogen and oxygen atoms in total. The van der Waals surface area contributed by atoms with Gasteiger partial charge in [0.2, 0.25) is 0 Å². The average Bonchev–Trinajstić information content (AvgIpc) is 3.36. The van der Waals surface area contributed by atoms with Crippen molar-refractivity contribution in [2.75, 3.05) is 13.4 Å². The number of aliphatic hydroxyl groups excluding tert-OH is 1. The van der Waals surface area contributed by atoms with E-state index in [2.05, 4.69) is 18.8 Å². The summed E-state index contributed by atoms with van der Waals surface area (Å²) in [5, 5.41) is 25.3. The zero-order chi connectivity index (χ0) is 21.9. The first-order valence-corrected chi connectivity index (χ1v) is 13.2. The van der Waals surface area contributed by atoms with E-state index in [9.17, 15) is 10.2 Å². The van der Waals surface area contributed by atoms with Crippen molar-refractivity contribution in [2.24, 2.45) is 28.6 Å². The molecular formula is C25H39NO4S. The van der Waals surface area contributed by atoms with Crippen LogP contribution in [0.2, 0.25) is 0 Å². The molecule has 6 heteroatoms. The smallest absolute Gasteiger partial charge is 0.147 e. The maximum atomic E-state index is 12.1. The van der Waals surface area contributed by atoms with Crippen molar-refractivity contribution in [3.63, 3.8) is 0 Å². The molecule has 0 unspecified atom stereocenters. The first-order chi connectivity index (χ1) is 14.8. The van der Waals surface area contributed by atoms with Gasteiger partial charge in [-0.15, -0.1) is 11.3 Å². The zero-order valence-corrected chi connectivity index (χ0v) is 20.1. The summed E-state index contributed by atoms with van der Waals surface area (Å²) in [5.41, 5.74) is -1.46. The van der Waals surface area contributed by atoms with Crippen molar-refractivity contribution >= 4 is 11.3 Å². The Balaban J connectivity index is 1.55. The summed E-state index contributed by atoms with van der Waals surface area (Å²) in [6.07, 6.45) is 10.6. The van der Waals surface area contributed by atoms with Gasteiger partial charge in [-0.1, -0.05) is 13.8 Å². The molecule has 31 heavy (non-hydrogen) atoms. The van der Waals surface area contributed by atoms with E-state index in [1.807, 2.05) is 18.5 Å². The van der Waals surface area contributed by atoms with Gasteiger partial charge in [-0.25, -0.2) is 4.98 Å². The van der Waals surface area contributed by atoms with Crippen LogP contribution >= 0.6 is 11.3 Å². The SMILES string of the molecule is CCOCO[C@]12CC[C@](O)(c3nccs3)[C@@]1(C)CC[C@H]1[C@H]2CC[C@@H]2C[C@@H](O)CC[C@@]21C. The zero-order valence-electron chi connectivity index (χ0n) is 19.3. The lowest BCUT2D eigenvalue weighted by Crippen LogP contribution is -2.65. The molecule has 0 aromatic carbocycles. The van der Waals surface area contributed by atoms with Crippen LogP contribution in [0.4, 0.5) is 0 Å². The summed E-state index contributed by atoms with van der Waals surface area (Å²) < 4.78 is 12.5. The first kappa shape index (κ1) is 22.3. The van der Waals surface area contributed by atoms with E-state index in [4.69, 9.17) is 9.47 Å². The molecule has 0 spiro atoms. The first-order valence-electron chi connectivity index (χ1n) is 12.3. The Morgan fingerprint density at radius 1 is 1.10 bits per heavy atom. The van der Waals surface area contributed by atoms with Crippen molar-refractivity contribution in [3.05, 3.63) is 16.6 Å². The van der Waals surface area contributed by atoms with Gasteiger partial charge in [0.1, 0.15) is 17.4 Å². The maximum absolute atomic E-state index is 12.1. The van der Waals surface area contributed by atoms with Crippen molar-refractivity contribution in [2.45, 2.75) is 95.9 Å². The van der Waals surface area contributed by atoms with Crippen LogP contribution in [0.1, 0.15) is 83.6 Å². The number of rotatable bonds is 5. The Morgan fingerprint density at radius 2 is 1.94 bits per heavy atom. The van der Waals surface area contributed by atoms with E-state index >= 15 is 0 Å². The molecule has 8 atom stereocenters. The van der Waals surface area contributed by atoms with Gasteiger partial charge in [0.25, 0.3) is 0 Å². The van der Waals surface area contributed by atoms with Crippen LogP contribution in [-0.4, -0.2) is 40.3 Å². The minimum Gasteiger partial charge on any atom is -0.393 e. The molecule has 2 N–H and O–H groups in total. The van der Waals surface area contributed by atoms with Crippen molar-refractivity contribution in [1.29, 1.82) is 0 Å². The number of thiazole rings is 1. The average molecular weight is 450 g/mol. The summed E-state index contributed by atoms with van der Waals surface area (Å²) in [6.45, 7) is 7.69. The molecule has 4 aliphatic rings. The lowest BCUT2D eigenvalue weighted by Gasteiger charge is -2.65. The maximum Gasteiger partial charge on any atom is 0.147 e. The predicted molar refractivity (Wildman–Crippen MR) is 121 cm³/mol. The van der Waals surface area contributed by atoms with Crippen molar-refractivity contribution in [3.8, 4) is 0 Å². The number of ether oxygens (including phenoxy) is 2. The van der Waals surface area contributed by atoms with Gasteiger partial charge < -0.3 is 19.7 Å². The summed E-state index contributed by atoms with van der Waals surface area (Å²) in [6, 6.07) is 0. The van der Waals surface area contributed by atoms with Gasteiger partial charge >= 0.3 is 0 Å². The van der Waals surface area contributed by atoms with Crippen LogP contribution in [0.25, 0.3) is 0 Å². The van der Waals surface area contributed by atoms with E-state index in [0.29, 0.717) is 37.6 Å². The molecule has 1 heterocycles. The van der Waals surface area contributed by atoms with Gasteiger partial charge in [0, 0.05) is 23.6 Å². The van der Waals surface area contributed by atoms with Gasteiger partial charge in [-0.05, 0) is 87.9 Å². The van der Waals surface area contributed by atoms with Gasteiger partial charge in [0.15, 0.2) is 0 Å². The number of hydrogen-bond donors (Lipinski definition) is 2. The van der Waals surface area contributed by atoms with E-state index in [1.165, 1.54) is 0 Å². The fraction of sp³-hybridized carbons (Fsp3) is 0.880. The van der Waals surface area contributed by atoms with Crippen molar-refractivity contribution < 1.29 is 19.7 Å². The molecule has 4 aliphatic carbocycles. The minimum atomic E-state index is -0.946. The third-order valence-electron chi connectivity index (χ3n) is 10.3. The largest absolute Gasteiger partial charge is 0.393 e. The van der Waals surface area contributed by atoms with Crippen molar-refractivity contribution in [1.82, 2.24) is 4.98 Å². The van der Waals surface area contributed by atoms with Crippen LogP contribution in [-0.2, 0) is 15.1 Å². The molecule has 4 saturated carbocycles. The lowest BCUT2D eigenvalue weighted by atomic mass is 9.43. The predicted octanol–water partition coefficient (Wildman–Crippen LogP) is 4.87. The Kier molecular flexibility index (Phi) is 5.58. The second-order valence-electron chi connectivity index (χ2n) is 11.1. The lowest BCUT2D eigenvalue weighted by molar-refractivity contribution is -0.280. The highest BCUT2D eigenvalue weighted by atomic mass is 32.1. The molecule has 1 aromatic heterocycles. The Morgan fingerprint density at radius 3 is 2.68 bits per heavy atom. The molecule has 0 amide bonds. The third kappa shape index (κ3) is 2.97. The monoisotopic (exact) mass is 449 g/mol. The van der Waals surface area contributed by atoms with E-state index in [0.717, 1.165) is 56.4 Å². The summed E-state index contributed by atoms with van der Waals surface area (Å²) in [5.74, 6) is 1.59. The molecule has 5 rings (SSSR count). The second kappa shape index (κ2) is 7.76. The molecule has 0 radical (unpaired) electrons. The normalized spacial score (nSPS) is 49.3. The van der Waals surface area contributed by atoms with Crippen LogP contribution in [0, 0.1) is 28.6 Å². The highest BCUT2D eigenvalue weighted by Crippen LogP contribution is 2.72. The Bertz CT molecular complexity index is 788. The molecule has 0 saturated heterocycles. The van der Waals surface area contributed by atoms with E-state index < -0.39 is 11.2 Å². The van der Waals surface area contributed by atoms with Crippen LogP contribution in [0.3, 0.4) is 0 Å².